The van der Waals surface area contributed by atoms with Crippen LogP contribution in [0, 0.1) is 11.8 Å². The summed E-state index contributed by atoms with van der Waals surface area (Å²) in [6.07, 6.45) is 16.6. The van der Waals surface area contributed by atoms with Crippen LogP contribution >= 0.6 is 11.6 Å². The van der Waals surface area contributed by atoms with E-state index >= 15 is 0 Å². The summed E-state index contributed by atoms with van der Waals surface area (Å²) in [5.74, 6) is 0.776. The van der Waals surface area contributed by atoms with Crippen molar-refractivity contribution >= 4 is 23.3 Å². The van der Waals surface area contributed by atoms with Crippen LogP contribution in [0.3, 0.4) is 0 Å². The maximum absolute atomic E-state index is 12.2. The number of rotatable bonds is 15. The van der Waals surface area contributed by atoms with Gasteiger partial charge >= 0.3 is 0 Å². The number of unbranched alkanes of at least 4 members (excludes halogenated alkanes) is 1. The monoisotopic (exact) mass is 381 g/mol. The van der Waals surface area contributed by atoms with Crippen molar-refractivity contribution in [2.75, 3.05) is 6.54 Å². The standard InChI is InChI=1S/C22H36ClNO2/c1-4-5-6-7-11-14-22(26)24-17-15-19(2)18-21(25)20(3)13-10-8-9-12-16-23/h6-9,12,16,19-20H,4-5,10-11,13-15,17-18H2,1-3H3,(H,24,26)/b7-6+,9-8+,16-12+/t19-,20-/m1/s1. The van der Waals surface area contributed by atoms with E-state index in [1.807, 2.05) is 19.1 Å². The molecule has 148 valence electrons. The van der Waals surface area contributed by atoms with Gasteiger partial charge in [0.05, 0.1) is 0 Å². The second kappa shape index (κ2) is 17.1. The summed E-state index contributed by atoms with van der Waals surface area (Å²) in [6.45, 7) is 6.86. The highest BCUT2D eigenvalue weighted by Gasteiger charge is 2.15. The lowest BCUT2D eigenvalue weighted by Crippen LogP contribution is -2.26. The van der Waals surface area contributed by atoms with Crippen LogP contribution in [-0.4, -0.2) is 18.2 Å². The molecule has 3 nitrogen and oxygen atoms in total. The molecule has 0 bridgehead atoms. The Hall–Kier alpha value is -1.35. The summed E-state index contributed by atoms with van der Waals surface area (Å²) in [5, 5.41) is 2.95. The zero-order valence-electron chi connectivity index (χ0n) is 16.7. The van der Waals surface area contributed by atoms with Crippen molar-refractivity contribution in [3.8, 4) is 0 Å². The summed E-state index contributed by atoms with van der Waals surface area (Å²) in [7, 11) is 0. The highest BCUT2D eigenvalue weighted by atomic mass is 35.5. The van der Waals surface area contributed by atoms with E-state index in [9.17, 15) is 9.59 Å². The highest BCUT2D eigenvalue weighted by molar-refractivity contribution is 6.25. The van der Waals surface area contributed by atoms with Gasteiger partial charge in [0.2, 0.25) is 5.91 Å². The Bertz CT molecular complexity index is 469. The molecule has 26 heavy (non-hydrogen) atoms. The minimum atomic E-state index is 0.0755. The smallest absolute Gasteiger partial charge is 0.220 e. The molecule has 0 aromatic rings. The Balaban J connectivity index is 3.84. The average molecular weight is 382 g/mol. The topological polar surface area (TPSA) is 46.2 Å². The first-order valence-electron chi connectivity index (χ1n) is 9.87. The van der Waals surface area contributed by atoms with Crippen molar-refractivity contribution in [3.05, 3.63) is 35.9 Å². The van der Waals surface area contributed by atoms with Gasteiger partial charge in [-0.05, 0) is 38.0 Å². The van der Waals surface area contributed by atoms with Crippen molar-refractivity contribution in [1.29, 1.82) is 0 Å². The molecule has 1 amide bonds. The van der Waals surface area contributed by atoms with Crippen molar-refractivity contribution in [3.63, 3.8) is 0 Å². The molecule has 1 N–H and O–H groups in total. The van der Waals surface area contributed by atoms with Crippen LogP contribution in [0.1, 0.15) is 72.1 Å². The summed E-state index contributed by atoms with van der Waals surface area (Å²) < 4.78 is 0. The molecule has 0 spiro atoms. The maximum Gasteiger partial charge on any atom is 0.220 e. The van der Waals surface area contributed by atoms with Crippen LogP contribution in [0.25, 0.3) is 0 Å². The number of hydrogen-bond acceptors (Lipinski definition) is 2. The minimum absolute atomic E-state index is 0.0755. The summed E-state index contributed by atoms with van der Waals surface area (Å²) in [6, 6.07) is 0. The van der Waals surface area contributed by atoms with E-state index in [0.717, 1.165) is 38.5 Å². The largest absolute Gasteiger partial charge is 0.356 e. The van der Waals surface area contributed by atoms with Crippen LogP contribution in [-0.2, 0) is 9.59 Å². The number of ketones is 1. The molecule has 0 fully saturated rings. The van der Waals surface area contributed by atoms with Crippen molar-refractivity contribution in [2.24, 2.45) is 11.8 Å². The third kappa shape index (κ3) is 14.9. The van der Waals surface area contributed by atoms with Gasteiger partial charge in [0.15, 0.2) is 0 Å². The summed E-state index contributed by atoms with van der Waals surface area (Å²) in [5.41, 5.74) is 1.47. The number of carbonyl (C=O) groups excluding carboxylic acids is 2. The van der Waals surface area contributed by atoms with Crippen molar-refractivity contribution < 1.29 is 9.59 Å². The molecule has 0 aliphatic heterocycles. The van der Waals surface area contributed by atoms with Crippen LogP contribution in [0.15, 0.2) is 35.9 Å². The van der Waals surface area contributed by atoms with Gasteiger partial charge in [0.25, 0.3) is 0 Å². The lowest BCUT2D eigenvalue weighted by atomic mass is 9.92. The molecule has 0 rings (SSSR count). The van der Waals surface area contributed by atoms with Gasteiger partial charge in [-0.25, -0.2) is 0 Å². The molecule has 2 atom stereocenters. The molecule has 0 radical (unpaired) electrons. The molecule has 0 aliphatic rings. The minimum Gasteiger partial charge on any atom is -0.356 e. The average Bonchev–Trinajstić information content (AvgIpc) is 2.61. The Labute approximate surface area is 165 Å². The Morgan fingerprint density at radius 1 is 1.00 bits per heavy atom. The third-order valence-electron chi connectivity index (χ3n) is 4.30. The number of Topliss-reactive ketones (excluding diaryl/α,β-unsaturated/α-hetero) is 1. The molecule has 0 heterocycles. The lowest BCUT2D eigenvalue weighted by Gasteiger charge is -2.14. The van der Waals surface area contributed by atoms with E-state index in [-0.39, 0.29) is 11.8 Å². The SMILES string of the molecule is CCC/C=C/CCC(=O)NCC[C@@H](C)CC(=O)[C@H](C)CC/C=C/C=C/Cl. The van der Waals surface area contributed by atoms with Gasteiger partial charge in [-0.15, -0.1) is 0 Å². The van der Waals surface area contributed by atoms with E-state index < -0.39 is 0 Å². The first-order chi connectivity index (χ1) is 12.5. The van der Waals surface area contributed by atoms with Crippen molar-refractivity contribution in [1.82, 2.24) is 5.32 Å². The Morgan fingerprint density at radius 3 is 2.42 bits per heavy atom. The van der Waals surface area contributed by atoms with Gasteiger partial charge in [0, 0.05) is 30.8 Å². The van der Waals surface area contributed by atoms with E-state index in [1.54, 1.807) is 6.08 Å². The molecule has 0 saturated heterocycles. The quantitative estimate of drug-likeness (QED) is 0.281. The zero-order chi connectivity index (χ0) is 19.6. The van der Waals surface area contributed by atoms with Crippen LogP contribution < -0.4 is 5.32 Å². The van der Waals surface area contributed by atoms with Crippen LogP contribution in [0.2, 0.25) is 0 Å². The fraction of sp³-hybridized carbons (Fsp3) is 0.636. The lowest BCUT2D eigenvalue weighted by molar-refractivity contribution is -0.123. The molecule has 0 saturated carbocycles. The number of hydrogen-bond donors (Lipinski definition) is 1. The zero-order valence-corrected chi connectivity index (χ0v) is 17.4. The highest BCUT2D eigenvalue weighted by Crippen LogP contribution is 2.15. The molecular formula is C22H36ClNO2. The fourth-order valence-corrected chi connectivity index (χ4v) is 2.62. The molecular weight excluding hydrogens is 346 g/mol. The van der Waals surface area contributed by atoms with Gasteiger partial charge < -0.3 is 5.32 Å². The van der Waals surface area contributed by atoms with Crippen LogP contribution in [0.4, 0.5) is 0 Å². The van der Waals surface area contributed by atoms with Gasteiger partial charge in [-0.2, -0.15) is 0 Å². The maximum atomic E-state index is 12.2. The molecule has 0 aliphatic carbocycles. The summed E-state index contributed by atoms with van der Waals surface area (Å²) >= 11 is 5.44. The Kier molecular flexibility index (Phi) is 16.2. The fourth-order valence-electron chi connectivity index (χ4n) is 2.53. The van der Waals surface area contributed by atoms with Crippen molar-refractivity contribution in [2.45, 2.75) is 72.1 Å². The number of halogens is 1. The Morgan fingerprint density at radius 2 is 1.73 bits per heavy atom. The van der Waals surface area contributed by atoms with E-state index in [0.29, 0.717) is 31.1 Å². The second-order valence-corrected chi connectivity index (χ2v) is 7.19. The van der Waals surface area contributed by atoms with Gasteiger partial charge in [-0.3, -0.25) is 9.59 Å². The predicted molar refractivity (Wildman–Crippen MR) is 112 cm³/mol. The number of allylic oxidation sites excluding steroid dienone is 5. The molecule has 0 aromatic carbocycles. The van der Waals surface area contributed by atoms with Crippen LogP contribution in [0.5, 0.6) is 0 Å². The number of amides is 1. The summed E-state index contributed by atoms with van der Waals surface area (Å²) in [4.78, 5) is 24.0. The van der Waals surface area contributed by atoms with Gasteiger partial charge in [0.1, 0.15) is 5.78 Å². The molecule has 4 heteroatoms. The normalized spacial score (nSPS) is 14.3. The predicted octanol–water partition coefficient (Wildman–Crippen LogP) is 5.95. The third-order valence-corrected chi connectivity index (χ3v) is 4.45. The number of carbonyl (C=O) groups is 2. The van der Waals surface area contributed by atoms with E-state index in [1.165, 1.54) is 5.54 Å². The number of nitrogens with one attached hydrogen (secondary N) is 1. The second-order valence-electron chi connectivity index (χ2n) is 6.94. The van der Waals surface area contributed by atoms with E-state index in [4.69, 9.17) is 11.6 Å². The first kappa shape index (κ1) is 24.7. The van der Waals surface area contributed by atoms with E-state index in [2.05, 4.69) is 31.3 Å². The molecule has 0 unspecified atom stereocenters. The molecule has 0 aromatic heterocycles. The first-order valence-corrected chi connectivity index (χ1v) is 10.3. The van der Waals surface area contributed by atoms with Gasteiger partial charge in [-0.1, -0.05) is 69.2 Å².